The zero-order chi connectivity index (χ0) is 11.0. The van der Waals surface area contributed by atoms with Crippen molar-refractivity contribution in [3.05, 3.63) is 27.3 Å². The van der Waals surface area contributed by atoms with E-state index < -0.39 is 0 Å². The number of aromatic nitrogens is 2. The smallest absolute Gasteiger partial charge is 0.189 e. The van der Waals surface area contributed by atoms with Crippen molar-refractivity contribution in [1.82, 2.24) is 9.97 Å². The Morgan fingerprint density at radius 2 is 1.73 bits per heavy atom. The van der Waals surface area contributed by atoms with E-state index in [1.54, 1.807) is 12.1 Å². The maximum absolute atomic E-state index is 6.01. The lowest BCUT2D eigenvalue weighted by Gasteiger charge is -2.05. The van der Waals surface area contributed by atoms with Gasteiger partial charge in [0, 0.05) is 0 Å². The van der Waals surface area contributed by atoms with Crippen molar-refractivity contribution in [2.24, 2.45) is 0 Å². The molecule has 0 N–H and O–H groups in total. The molecule has 0 radical (unpaired) electrons. The SMILES string of the molecule is CSc1nc(Cl)c2c(Cl)ccc(Cl)c2n1. The molecule has 0 unspecified atom stereocenters. The van der Waals surface area contributed by atoms with Gasteiger partial charge in [0.2, 0.25) is 0 Å². The first-order chi connectivity index (χ1) is 7.13. The van der Waals surface area contributed by atoms with Crippen LogP contribution in [0.2, 0.25) is 15.2 Å². The van der Waals surface area contributed by atoms with Crippen molar-refractivity contribution in [1.29, 1.82) is 0 Å². The number of halogens is 3. The van der Waals surface area contributed by atoms with Crippen LogP contribution in [0.1, 0.15) is 0 Å². The Kier molecular flexibility index (Phi) is 3.26. The van der Waals surface area contributed by atoms with Crippen molar-refractivity contribution in [2.75, 3.05) is 6.26 Å². The standard InChI is InChI=1S/C9H5Cl3N2S/c1-15-9-13-7-5(11)3-2-4(10)6(7)8(12)14-9/h2-3H,1H3. The molecule has 2 aromatic rings. The molecule has 0 fully saturated rings. The molecule has 0 bridgehead atoms. The lowest BCUT2D eigenvalue weighted by atomic mass is 10.2. The maximum atomic E-state index is 6.01. The number of hydrogen-bond donors (Lipinski definition) is 0. The van der Waals surface area contributed by atoms with Crippen LogP contribution in [0.3, 0.4) is 0 Å². The fraction of sp³-hybridized carbons (Fsp3) is 0.111. The summed E-state index contributed by atoms with van der Waals surface area (Å²) in [5.74, 6) is 0. The second kappa shape index (κ2) is 4.34. The molecule has 1 aromatic heterocycles. The van der Waals surface area contributed by atoms with Gasteiger partial charge < -0.3 is 0 Å². The monoisotopic (exact) mass is 278 g/mol. The molecule has 0 aliphatic carbocycles. The normalized spacial score (nSPS) is 10.9. The van der Waals surface area contributed by atoms with Gasteiger partial charge in [-0.25, -0.2) is 9.97 Å². The summed E-state index contributed by atoms with van der Waals surface area (Å²) in [7, 11) is 0. The van der Waals surface area contributed by atoms with Gasteiger partial charge in [-0.3, -0.25) is 0 Å². The second-order valence-corrected chi connectivity index (χ2v) is 4.70. The number of hydrogen-bond acceptors (Lipinski definition) is 3. The zero-order valence-corrected chi connectivity index (χ0v) is 10.7. The highest BCUT2D eigenvalue weighted by molar-refractivity contribution is 7.98. The molecule has 2 nitrogen and oxygen atoms in total. The van der Waals surface area contributed by atoms with Gasteiger partial charge in [-0.1, -0.05) is 46.6 Å². The predicted octanol–water partition coefficient (Wildman–Crippen LogP) is 4.31. The Morgan fingerprint density at radius 1 is 1.07 bits per heavy atom. The fourth-order valence-electron chi connectivity index (χ4n) is 1.20. The molecule has 0 saturated carbocycles. The molecule has 0 saturated heterocycles. The Bertz CT molecular complexity index is 530. The van der Waals surface area contributed by atoms with Crippen LogP contribution in [0.25, 0.3) is 10.9 Å². The van der Waals surface area contributed by atoms with Crippen LogP contribution in [-0.2, 0) is 0 Å². The first kappa shape index (κ1) is 11.3. The average Bonchev–Trinajstić information content (AvgIpc) is 2.23. The number of rotatable bonds is 1. The molecule has 0 atom stereocenters. The average molecular weight is 280 g/mol. The quantitative estimate of drug-likeness (QED) is 0.442. The van der Waals surface area contributed by atoms with E-state index in [1.165, 1.54) is 11.8 Å². The molecule has 0 aliphatic rings. The van der Waals surface area contributed by atoms with E-state index >= 15 is 0 Å². The lowest BCUT2D eigenvalue weighted by Crippen LogP contribution is -1.90. The molecule has 15 heavy (non-hydrogen) atoms. The largest absolute Gasteiger partial charge is 0.221 e. The minimum absolute atomic E-state index is 0.330. The third kappa shape index (κ3) is 2.02. The van der Waals surface area contributed by atoms with Crippen LogP contribution < -0.4 is 0 Å². The molecule has 0 amide bonds. The van der Waals surface area contributed by atoms with Crippen molar-refractivity contribution in [3.8, 4) is 0 Å². The van der Waals surface area contributed by atoms with Gasteiger partial charge in [-0.2, -0.15) is 0 Å². The summed E-state index contributed by atoms with van der Waals surface area (Å²) >= 11 is 19.4. The first-order valence-corrected chi connectivity index (χ1v) is 6.34. The number of fused-ring (bicyclic) bond motifs is 1. The minimum Gasteiger partial charge on any atom is -0.221 e. The highest BCUT2D eigenvalue weighted by Crippen LogP contribution is 2.33. The molecular formula is C9H5Cl3N2S. The van der Waals surface area contributed by atoms with E-state index in [1.807, 2.05) is 6.26 Å². The van der Waals surface area contributed by atoms with Gasteiger partial charge in [0.1, 0.15) is 5.15 Å². The van der Waals surface area contributed by atoms with Crippen LogP contribution >= 0.6 is 46.6 Å². The van der Waals surface area contributed by atoms with Gasteiger partial charge >= 0.3 is 0 Å². The van der Waals surface area contributed by atoms with Crippen LogP contribution in [0, 0.1) is 0 Å². The molecule has 78 valence electrons. The third-order valence-electron chi connectivity index (χ3n) is 1.87. The van der Waals surface area contributed by atoms with Gasteiger partial charge in [-0.15, -0.1) is 0 Å². The highest BCUT2D eigenvalue weighted by Gasteiger charge is 2.11. The van der Waals surface area contributed by atoms with E-state index in [9.17, 15) is 0 Å². The lowest BCUT2D eigenvalue weighted by molar-refractivity contribution is 1.01. The van der Waals surface area contributed by atoms with Gasteiger partial charge in [0.05, 0.1) is 20.9 Å². The van der Waals surface area contributed by atoms with Crippen molar-refractivity contribution < 1.29 is 0 Å². The Labute approximate surface area is 106 Å². The van der Waals surface area contributed by atoms with Crippen molar-refractivity contribution in [2.45, 2.75) is 5.16 Å². The third-order valence-corrected chi connectivity index (χ3v) is 3.31. The topological polar surface area (TPSA) is 25.8 Å². The molecule has 1 heterocycles. The van der Waals surface area contributed by atoms with Crippen molar-refractivity contribution in [3.63, 3.8) is 0 Å². The Morgan fingerprint density at radius 3 is 2.40 bits per heavy atom. The summed E-state index contributed by atoms with van der Waals surface area (Å²) in [6.45, 7) is 0. The van der Waals surface area contributed by atoms with Crippen LogP contribution in [0.5, 0.6) is 0 Å². The number of thioether (sulfide) groups is 1. The second-order valence-electron chi connectivity index (χ2n) is 2.75. The molecule has 0 aliphatic heterocycles. The number of benzene rings is 1. The van der Waals surface area contributed by atoms with E-state index in [2.05, 4.69) is 9.97 Å². The summed E-state index contributed by atoms with van der Waals surface area (Å²) in [4.78, 5) is 8.36. The first-order valence-electron chi connectivity index (χ1n) is 3.98. The van der Waals surface area contributed by atoms with Gasteiger partial charge in [0.15, 0.2) is 5.16 Å². The minimum atomic E-state index is 0.330. The summed E-state index contributed by atoms with van der Waals surface area (Å²) in [6, 6.07) is 3.37. The van der Waals surface area contributed by atoms with Crippen LogP contribution in [0.15, 0.2) is 17.3 Å². The van der Waals surface area contributed by atoms with E-state index in [-0.39, 0.29) is 0 Å². The molecular weight excluding hydrogens is 275 g/mol. The summed E-state index contributed by atoms with van der Waals surface area (Å²) in [5.41, 5.74) is 0.591. The van der Waals surface area contributed by atoms with Crippen molar-refractivity contribution >= 4 is 57.5 Å². The zero-order valence-electron chi connectivity index (χ0n) is 7.59. The number of nitrogens with zero attached hydrogens (tertiary/aromatic N) is 2. The molecule has 2 rings (SSSR count). The van der Waals surface area contributed by atoms with E-state index in [0.717, 1.165) is 0 Å². The fourth-order valence-corrected chi connectivity index (χ4v) is 2.38. The maximum Gasteiger partial charge on any atom is 0.189 e. The summed E-state index contributed by atoms with van der Waals surface area (Å²) in [6.07, 6.45) is 1.87. The van der Waals surface area contributed by atoms with Gasteiger partial charge in [0.25, 0.3) is 0 Å². The Balaban J connectivity index is 2.90. The highest BCUT2D eigenvalue weighted by atomic mass is 35.5. The van der Waals surface area contributed by atoms with Crippen LogP contribution in [-0.4, -0.2) is 16.2 Å². The Hall–Kier alpha value is -0.220. The predicted molar refractivity (Wildman–Crippen MR) is 66.3 cm³/mol. The summed E-state index contributed by atoms with van der Waals surface area (Å²) < 4.78 is 0. The molecule has 0 spiro atoms. The van der Waals surface area contributed by atoms with Gasteiger partial charge in [-0.05, 0) is 18.4 Å². The molecule has 1 aromatic carbocycles. The van der Waals surface area contributed by atoms with E-state index in [0.29, 0.717) is 31.3 Å². The molecule has 6 heteroatoms. The van der Waals surface area contributed by atoms with Crippen LogP contribution in [0.4, 0.5) is 0 Å². The summed E-state index contributed by atoms with van der Waals surface area (Å²) in [5, 5.41) is 2.54. The van der Waals surface area contributed by atoms with E-state index in [4.69, 9.17) is 34.8 Å².